The maximum atomic E-state index is 12.2. The summed E-state index contributed by atoms with van der Waals surface area (Å²) in [6.45, 7) is 11.3. The summed E-state index contributed by atoms with van der Waals surface area (Å²) in [5.74, 6) is 0.468. The van der Waals surface area contributed by atoms with E-state index < -0.39 is 0 Å². The molecule has 3 amide bonds. The van der Waals surface area contributed by atoms with Crippen molar-refractivity contribution in [3.8, 4) is 0 Å². The van der Waals surface area contributed by atoms with Crippen LogP contribution < -0.4 is 16.0 Å². The Morgan fingerprint density at radius 1 is 1.22 bits per heavy atom. The van der Waals surface area contributed by atoms with Crippen molar-refractivity contribution in [3.05, 3.63) is 42.5 Å². The van der Waals surface area contributed by atoms with Gasteiger partial charge >= 0.3 is 6.03 Å². The number of anilines is 1. The summed E-state index contributed by atoms with van der Waals surface area (Å²) in [5, 5.41) is 8.54. The van der Waals surface area contributed by atoms with Crippen molar-refractivity contribution >= 4 is 17.6 Å². The molecule has 2 rings (SSSR count). The SMILES string of the molecule is C=CCNC(=O)c1ccc(NC(=O)NC[C@@H]2CCCCN2CC(C)C)cc1. The van der Waals surface area contributed by atoms with Crippen LogP contribution in [0.3, 0.4) is 0 Å². The van der Waals surface area contributed by atoms with Crippen LogP contribution in [0.5, 0.6) is 0 Å². The lowest BCUT2D eigenvalue weighted by molar-refractivity contribution is 0.0958. The Hall–Kier alpha value is -2.34. The average Bonchev–Trinajstić information content (AvgIpc) is 2.65. The smallest absolute Gasteiger partial charge is 0.319 e. The highest BCUT2D eigenvalue weighted by molar-refractivity contribution is 5.95. The number of hydrogen-bond acceptors (Lipinski definition) is 3. The fourth-order valence-corrected chi connectivity index (χ4v) is 3.36. The number of nitrogens with one attached hydrogen (secondary N) is 3. The van der Waals surface area contributed by atoms with E-state index in [2.05, 4.69) is 41.3 Å². The quantitative estimate of drug-likeness (QED) is 0.614. The number of carbonyl (C=O) groups excluding carboxylic acids is 2. The number of hydrogen-bond donors (Lipinski definition) is 3. The first-order chi connectivity index (χ1) is 13.0. The Labute approximate surface area is 162 Å². The fourth-order valence-electron chi connectivity index (χ4n) is 3.36. The number of nitrogens with zero attached hydrogens (tertiary/aromatic N) is 1. The highest BCUT2D eigenvalue weighted by atomic mass is 16.2. The summed E-state index contributed by atoms with van der Waals surface area (Å²) in [5.41, 5.74) is 1.21. The largest absolute Gasteiger partial charge is 0.349 e. The summed E-state index contributed by atoms with van der Waals surface area (Å²) < 4.78 is 0. The first kappa shape index (κ1) is 21.0. The number of carbonyl (C=O) groups is 2. The van der Waals surface area contributed by atoms with Gasteiger partial charge in [-0.25, -0.2) is 4.79 Å². The summed E-state index contributed by atoms with van der Waals surface area (Å²) in [7, 11) is 0. The van der Waals surface area contributed by atoms with Crippen molar-refractivity contribution in [3.63, 3.8) is 0 Å². The minimum absolute atomic E-state index is 0.159. The molecule has 1 heterocycles. The first-order valence-corrected chi connectivity index (χ1v) is 9.77. The molecule has 0 saturated carbocycles. The van der Waals surface area contributed by atoms with Gasteiger partial charge in [0.05, 0.1) is 0 Å². The molecule has 148 valence electrons. The van der Waals surface area contributed by atoms with Crippen LogP contribution in [0.4, 0.5) is 10.5 Å². The summed E-state index contributed by atoms with van der Waals surface area (Å²) in [6, 6.07) is 7.04. The van der Waals surface area contributed by atoms with Gasteiger partial charge < -0.3 is 16.0 Å². The molecule has 0 unspecified atom stereocenters. The molecule has 0 radical (unpaired) electrons. The third-order valence-electron chi connectivity index (χ3n) is 4.66. The van der Waals surface area contributed by atoms with Gasteiger partial charge in [-0.3, -0.25) is 9.69 Å². The van der Waals surface area contributed by atoms with Crippen LogP contribution in [-0.2, 0) is 0 Å². The average molecular weight is 373 g/mol. The van der Waals surface area contributed by atoms with Crippen LogP contribution in [0.25, 0.3) is 0 Å². The van der Waals surface area contributed by atoms with Gasteiger partial charge in [0.15, 0.2) is 0 Å². The molecule has 0 bridgehead atoms. The molecule has 6 heteroatoms. The molecule has 1 aliphatic heterocycles. The fraction of sp³-hybridized carbons (Fsp3) is 0.524. The summed E-state index contributed by atoms with van der Waals surface area (Å²) in [4.78, 5) is 26.6. The van der Waals surface area contributed by atoms with E-state index >= 15 is 0 Å². The van der Waals surface area contributed by atoms with Crippen molar-refractivity contribution in [1.29, 1.82) is 0 Å². The molecule has 0 aromatic heterocycles. The molecule has 6 nitrogen and oxygen atoms in total. The highest BCUT2D eigenvalue weighted by Gasteiger charge is 2.23. The maximum absolute atomic E-state index is 12.2. The first-order valence-electron chi connectivity index (χ1n) is 9.77. The highest BCUT2D eigenvalue weighted by Crippen LogP contribution is 2.18. The van der Waals surface area contributed by atoms with E-state index in [-0.39, 0.29) is 11.9 Å². The lowest BCUT2D eigenvalue weighted by atomic mass is 10.0. The zero-order chi connectivity index (χ0) is 19.6. The topological polar surface area (TPSA) is 73.5 Å². The van der Waals surface area contributed by atoms with Gasteiger partial charge in [0.2, 0.25) is 0 Å². The normalized spacial score (nSPS) is 17.4. The van der Waals surface area contributed by atoms with E-state index in [4.69, 9.17) is 0 Å². The van der Waals surface area contributed by atoms with Crippen LogP contribution in [0.1, 0.15) is 43.5 Å². The van der Waals surface area contributed by atoms with Crippen LogP contribution >= 0.6 is 0 Å². The molecule has 1 saturated heterocycles. The van der Waals surface area contributed by atoms with Crippen molar-refractivity contribution in [2.45, 2.75) is 39.2 Å². The van der Waals surface area contributed by atoms with Gasteiger partial charge in [-0.15, -0.1) is 6.58 Å². The molecule has 1 aromatic rings. The lowest BCUT2D eigenvalue weighted by Gasteiger charge is -2.36. The standard InChI is InChI=1S/C21H32N4O2/c1-4-12-22-20(26)17-8-10-18(11-9-17)24-21(27)23-14-19-7-5-6-13-25(19)15-16(2)3/h4,8-11,16,19H,1,5-7,12-15H2,2-3H3,(H,22,26)(H2,23,24,27)/t19-/m0/s1. The third-order valence-corrected chi connectivity index (χ3v) is 4.66. The van der Waals surface area contributed by atoms with Crippen molar-refractivity contribution in [2.24, 2.45) is 5.92 Å². The number of likely N-dealkylation sites (tertiary alicyclic amines) is 1. The van der Waals surface area contributed by atoms with Crippen molar-refractivity contribution in [1.82, 2.24) is 15.5 Å². The number of benzene rings is 1. The second-order valence-corrected chi connectivity index (χ2v) is 7.45. The Morgan fingerprint density at radius 3 is 2.63 bits per heavy atom. The van der Waals surface area contributed by atoms with E-state index in [1.165, 1.54) is 12.8 Å². The predicted octanol–water partition coefficient (Wildman–Crippen LogP) is 3.23. The molecular weight excluding hydrogens is 340 g/mol. The molecule has 1 aromatic carbocycles. The monoisotopic (exact) mass is 372 g/mol. The summed E-state index contributed by atoms with van der Waals surface area (Å²) in [6.07, 6.45) is 5.22. The second kappa shape index (κ2) is 10.7. The molecule has 0 aliphatic carbocycles. The molecule has 0 spiro atoms. The molecule has 1 aliphatic rings. The number of urea groups is 1. The van der Waals surface area contributed by atoms with E-state index in [9.17, 15) is 9.59 Å². The Morgan fingerprint density at radius 2 is 1.96 bits per heavy atom. The van der Waals surface area contributed by atoms with Crippen molar-refractivity contribution < 1.29 is 9.59 Å². The van der Waals surface area contributed by atoms with Gasteiger partial charge in [0, 0.05) is 36.9 Å². The number of rotatable bonds is 8. The van der Waals surface area contributed by atoms with Crippen molar-refractivity contribution in [2.75, 3.05) is 31.5 Å². The third kappa shape index (κ3) is 7.06. The Kier molecular flexibility index (Phi) is 8.33. The van der Waals surface area contributed by atoms with Crippen LogP contribution in [0.2, 0.25) is 0 Å². The number of piperidine rings is 1. The van der Waals surface area contributed by atoms with Gasteiger partial charge in [0.25, 0.3) is 5.91 Å². The van der Waals surface area contributed by atoms with Gasteiger partial charge in [0.1, 0.15) is 0 Å². The Bertz CT molecular complexity index is 628. The van der Waals surface area contributed by atoms with Crippen LogP contribution in [0, 0.1) is 5.92 Å². The van der Waals surface area contributed by atoms with Gasteiger partial charge in [-0.05, 0) is 49.6 Å². The van der Waals surface area contributed by atoms with E-state index in [1.54, 1.807) is 30.3 Å². The molecule has 27 heavy (non-hydrogen) atoms. The minimum atomic E-state index is -0.214. The number of amides is 3. The van der Waals surface area contributed by atoms with E-state index in [0.29, 0.717) is 36.3 Å². The van der Waals surface area contributed by atoms with Crippen LogP contribution in [-0.4, -0.2) is 49.1 Å². The lowest BCUT2D eigenvalue weighted by Crippen LogP contribution is -2.48. The predicted molar refractivity (Wildman–Crippen MR) is 110 cm³/mol. The molecule has 1 atom stereocenters. The summed E-state index contributed by atoms with van der Waals surface area (Å²) >= 11 is 0. The Balaban J connectivity index is 1.81. The van der Waals surface area contributed by atoms with Crippen LogP contribution in [0.15, 0.2) is 36.9 Å². The van der Waals surface area contributed by atoms with E-state index in [1.807, 2.05) is 0 Å². The van der Waals surface area contributed by atoms with Gasteiger partial charge in [-0.2, -0.15) is 0 Å². The zero-order valence-corrected chi connectivity index (χ0v) is 16.5. The molecule has 1 fully saturated rings. The van der Waals surface area contributed by atoms with Gasteiger partial charge in [-0.1, -0.05) is 26.3 Å². The molecular formula is C21H32N4O2. The zero-order valence-electron chi connectivity index (χ0n) is 16.5. The molecule has 3 N–H and O–H groups in total. The second-order valence-electron chi connectivity index (χ2n) is 7.45. The van der Waals surface area contributed by atoms with E-state index in [0.717, 1.165) is 19.5 Å². The minimum Gasteiger partial charge on any atom is -0.349 e. The maximum Gasteiger partial charge on any atom is 0.319 e.